The van der Waals surface area contributed by atoms with Gasteiger partial charge in [0.05, 0.1) is 5.56 Å². The van der Waals surface area contributed by atoms with Gasteiger partial charge in [0.15, 0.2) is 0 Å². The number of furan rings is 1. The number of rotatable bonds is 2. The highest BCUT2D eigenvalue weighted by Crippen LogP contribution is 2.46. The standard InChI is InChI=1S/C24H12Cl2O3/c25-15-9-5-13(6-10-15)19-20-22(28)21(27)17-3-1-2-4-18(17)24(20)29-23(19)14-7-11-16(26)12-8-14/h1-12H. The van der Waals surface area contributed by atoms with Crippen LogP contribution in [-0.2, 0) is 0 Å². The number of ketones is 2. The van der Waals surface area contributed by atoms with E-state index in [4.69, 9.17) is 27.6 Å². The van der Waals surface area contributed by atoms with E-state index in [0.29, 0.717) is 38.3 Å². The molecule has 0 spiro atoms. The van der Waals surface area contributed by atoms with Gasteiger partial charge in [-0.1, -0.05) is 59.6 Å². The summed E-state index contributed by atoms with van der Waals surface area (Å²) in [6, 6.07) is 21.2. The van der Waals surface area contributed by atoms with Crippen molar-refractivity contribution >= 4 is 34.8 Å². The van der Waals surface area contributed by atoms with Crippen LogP contribution in [0.2, 0.25) is 10.0 Å². The molecule has 0 aliphatic heterocycles. The molecule has 1 aromatic heterocycles. The fourth-order valence-corrected chi connectivity index (χ4v) is 3.90. The molecule has 0 fully saturated rings. The van der Waals surface area contributed by atoms with Gasteiger partial charge in [-0.25, -0.2) is 0 Å². The van der Waals surface area contributed by atoms with E-state index in [1.165, 1.54) is 0 Å². The highest BCUT2D eigenvalue weighted by molar-refractivity contribution is 6.54. The molecule has 0 unspecified atom stereocenters. The Morgan fingerprint density at radius 3 is 1.72 bits per heavy atom. The Hall–Kier alpha value is -3.14. The third-order valence-electron chi connectivity index (χ3n) is 5.00. The van der Waals surface area contributed by atoms with Crippen molar-refractivity contribution in [1.29, 1.82) is 0 Å². The Labute approximate surface area is 176 Å². The molecule has 1 aliphatic rings. The van der Waals surface area contributed by atoms with Gasteiger partial charge in [0.1, 0.15) is 11.5 Å². The number of hydrogen-bond acceptors (Lipinski definition) is 3. The Bertz CT molecular complexity index is 1280. The molecule has 0 amide bonds. The molecule has 140 valence electrons. The summed E-state index contributed by atoms with van der Waals surface area (Å²) in [5.41, 5.74) is 3.32. The normalized spacial score (nSPS) is 12.6. The van der Waals surface area contributed by atoms with Gasteiger partial charge >= 0.3 is 0 Å². The van der Waals surface area contributed by atoms with Gasteiger partial charge in [0.2, 0.25) is 11.6 Å². The minimum absolute atomic E-state index is 0.279. The van der Waals surface area contributed by atoms with Gasteiger partial charge in [0.25, 0.3) is 0 Å². The lowest BCUT2D eigenvalue weighted by molar-refractivity contribution is 0.0815. The first-order valence-electron chi connectivity index (χ1n) is 8.91. The summed E-state index contributed by atoms with van der Waals surface area (Å²) in [5.74, 6) is -0.202. The van der Waals surface area contributed by atoms with Crippen LogP contribution >= 0.6 is 23.2 Å². The molecule has 29 heavy (non-hydrogen) atoms. The van der Waals surface area contributed by atoms with Gasteiger partial charge in [-0.15, -0.1) is 0 Å². The fourth-order valence-electron chi connectivity index (χ4n) is 3.65. The smallest absolute Gasteiger partial charge is 0.238 e. The molecule has 3 nitrogen and oxygen atoms in total. The van der Waals surface area contributed by atoms with Crippen LogP contribution in [0.15, 0.2) is 77.2 Å². The first-order chi connectivity index (χ1) is 14.0. The fraction of sp³-hybridized carbons (Fsp3) is 0. The lowest BCUT2D eigenvalue weighted by Crippen LogP contribution is -2.20. The third-order valence-corrected chi connectivity index (χ3v) is 5.50. The molecule has 0 saturated carbocycles. The van der Waals surface area contributed by atoms with Crippen LogP contribution in [0.25, 0.3) is 33.8 Å². The average Bonchev–Trinajstić information content (AvgIpc) is 3.14. The van der Waals surface area contributed by atoms with E-state index in [1.54, 1.807) is 42.5 Å². The van der Waals surface area contributed by atoms with Crippen molar-refractivity contribution in [3.05, 3.63) is 94.0 Å². The van der Waals surface area contributed by atoms with Crippen LogP contribution in [0.4, 0.5) is 0 Å². The summed E-state index contributed by atoms with van der Waals surface area (Å²) < 4.78 is 6.24. The number of fused-ring (bicyclic) bond motifs is 3. The van der Waals surface area contributed by atoms with Gasteiger partial charge in [0, 0.05) is 32.3 Å². The number of benzene rings is 3. The molecule has 5 rings (SSSR count). The summed E-state index contributed by atoms with van der Waals surface area (Å²) in [5, 5.41) is 1.17. The minimum atomic E-state index is -0.576. The summed E-state index contributed by atoms with van der Waals surface area (Å²) in [6.45, 7) is 0. The van der Waals surface area contributed by atoms with Gasteiger partial charge in [-0.3, -0.25) is 9.59 Å². The van der Waals surface area contributed by atoms with Crippen LogP contribution in [-0.4, -0.2) is 11.6 Å². The molecule has 0 bridgehead atoms. The maximum Gasteiger partial charge on any atom is 0.238 e. The van der Waals surface area contributed by atoms with Crippen molar-refractivity contribution in [3.63, 3.8) is 0 Å². The molecular weight excluding hydrogens is 407 g/mol. The monoisotopic (exact) mass is 418 g/mol. The van der Waals surface area contributed by atoms with Crippen molar-refractivity contribution in [3.8, 4) is 33.8 Å². The Balaban J connectivity index is 1.87. The van der Waals surface area contributed by atoms with Crippen LogP contribution in [0, 0.1) is 0 Å². The summed E-state index contributed by atoms with van der Waals surface area (Å²) in [6.07, 6.45) is 0. The molecule has 4 aromatic rings. The van der Waals surface area contributed by atoms with E-state index >= 15 is 0 Å². The molecule has 0 saturated heterocycles. The topological polar surface area (TPSA) is 47.3 Å². The predicted octanol–water partition coefficient (Wildman–Crippen LogP) is 6.97. The highest BCUT2D eigenvalue weighted by atomic mass is 35.5. The third kappa shape index (κ3) is 2.82. The molecule has 0 radical (unpaired) electrons. The second kappa shape index (κ2) is 6.73. The van der Waals surface area contributed by atoms with Crippen LogP contribution in [0.1, 0.15) is 20.7 Å². The lowest BCUT2D eigenvalue weighted by atomic mass is 9.85. The zero-order valence-electron chi connectivity index (χ0n) is 14.9. The molecule has 0 N–H and O–H groups in total. The maximum atomic E-state index is 13.1. The number of hydrogen-bond donors (Lipinski definition) is 0. The SMILES string of the molecule is O=C1C(=O)c2c(oc(-c3ccc(Cl)cc3)c2-c2ccc(Cl)cc2)-c2ccccc21. The Morgan fingerprint density at radius 1 is 0.552 bits per heavy atom. The minimum Gasteiger partial charge on any atom is -0.455 e. The lowest BCUT2D eigenvalue weighted by Gasteiger charge is -2.13. The van der Waals surface area contributed by atoms with Crippen LogP contribution in [0.5, 0.6) is 0 Å². The molecule has 3 aromatic carbocycles. The van der Waals surface area contributed by atoms with Crippen LogP contribution < -0.4 is 0 Å². The van der Waals surface area contributed by atoms with E-state index in [0.717, 1.165) is 11.1 Å². The number of carbonyl (C=O) groups is 2. The van der Waals surface area contributed by atoms with E-state index < -0.39 is 11.6 Å². The average molecular weight is 419 g/mol. The number of halogens is 2. The number of carbonyl (C=O) groups excluding carboxylic acids is 2. The van der Waals surface area contributed by atoms with Crippen molar-refractivity contribution in [1.82, 2.24) is 0 Å². The molecular formula is C24H12Cl2O3. The first kappa shape index (κ1) is 17.9. The van der Waals surface area contributed by atoms with Gasteiger partial charge < -0.3 is 4.42 Å². The van der Waals surface area contributed by atoms with Crippen molar-refractivity contribution < 1.29 is 14.0 Å². The largest absolute Gasteiger partial charge is 0.455 e. The van der Waals surface area contributed by atoms with Gasteiger partial charge in [-0.2, -0.15) is 0 Å². The van der Waals surface area contributed by atoms with Crippen LogP contribution in [0.3, 0.4) is 0 Å². The van der Waals surface area contributed by atoms with E-state index in [-0.39, 0.29) is 5.56 Å². The van der Waals surface area contributed by atoms with E-state index in [1.807, 2.05) is 30.3 Å². The summed E-state index contributed by atoms with van der Waals surface area (Å²) >= 11 is 12.1. The zero-order chi connectivity index (χ0) is 20.1. The first-order valence-corrected chi connectivity index (χ1v) is 9.67. The quantitative estimate of drug-likeness (QED) is 0.330. The number of Topliss-reactive ketones (excluding diaryl/α,β-unsaturated/α-hetero) is 2. The van der Waals surface area contributed by atoms with E-state index in [9.17, 15) is 9.59 Å². The van der Waals surface area contributed by atoms with E-state index in [2.05, 4.69) is 0 Å². The summed E-state index contributed by atoms with van der Waals surface area (Å²) in [4.78, 5) is 25.9. The molecule has 1 aliphatic carbocycles. The van der Waals surface area contributed by atoms with Crippen molar-refractivity contribution in [2.75, 3.05) is 0 Å². The molecule has 0 atom stereocenters. The Morgan fingerprint density at radius 2 is 1.10 bits per heavy atom. The second-order valence-electron chi connectivity index (χ2n) is 6.73. The zero-order valence-corrected chi connectivity index (χ0v) is 16.4. The highest BCUT2D eigenvalue weighted by Gasteiger charge is 2.37. The second-order valence-corrected chi connectivity index (χ2v) is 7.60. The molecule has 1 heterocycles. The predicted molar refractivity (Wildman–Crippen MR) is 114 cm³/mol. The van der Waals surface area contributed by atoms with Crippen molar-refractivity contribution in [2.45, 2.75) is 0 Å². The Kier molecular flexibility index (Phi) is 4.16. The molecule has 5 heteroatoms. The van der Waals surface area contributed by atoms with Crippen molar-refractivity contribution in [2.24, 2.45) is 0 Å². The summed E-state index contributed by atoms with van der Waals surface area (Å²) in [7, 11) is 0. The maximum absolute atomic E-state index is 13.1. The van der Waals surface area contributed by atoms with Gasteiger partial charge in [-0.05, 0) is 42.0 Å².